The van der Waals surface area contributed by atoms with Gasteiger partial charge in [0, 0.05) is 0 Å². The number of amides is 1. The van der Waals surface area contributed by atoms with Gasteiger partial charge >= 0.3 is 0 Å². The number of fused-ring (bicyclic) bond motifs is 1. The van der Waals surface area contributed by atoms with E-state index in [9.17, 15) is 4.79 Å². The molecule has 0 saturated carbocycles. The molecule has 0 spiro atoms. The van der Waals surface area contributed by atoms with Crippen molar-refractivity contribution >= 4 is 28.7 Å². The topological polar surface area (TPSA) is 67.6 Å². The van der Waals surface area contributed by atoms with Crippen LogP contribution in [0.25, 0.3) is 0 Å². The molecule has 0 fully saturated rings. The summed E-state index contributed by atoms with van der Waals surface area (Å²) >= 11 is 0. The maximum absolute atomic E-state index is 11.9. The van der Waals surface area contributed by atoms with Gasteiger partial charge in [-0.25, -0.2) is 0 Å². The Kier molecular flexibility index (Phi) is 3.39. The molecule has 2 aromatic carbocycles. The van der Waals surface area contributed by atoms with E-state index in [-0.39, 0.29) is 12.5 Å². The lowest BCUT2D eigenvalue weighted by atomic mass is 10.1. The first-order valence-corrected chi connectivity index (χ1v) is 6.88. The molecule has 5 nitrogen and oxygen atoms in total. The Balaban J connectivity index is 2.09. The predicted molar refractivity (Wildman–Crippen MR) is 84.1 cm³/mol. The minimum absolute atomic E-state index is 0.0603. The Morgan fingerprint density at radius 1 is 1.19 bits per heavy atom. The van der Waals surface area contributed by atoms with Gasteiger partial charge in [0.15, 0.2) is 0 Å². The van der Waals surface area contributed by atoms with Gasteiger partial charge in [0.2, 0.25) is 5.91 Å². The first-order chi connectivity index (χ1) is 10.2. The van der Waals surface area contributed by atoms with Crippen LogP contribution in [0.3, 0.4) is 0 Å². The quantitative estimate of drug-likeness (QED) is 0.850. The zero-order valence-electron chi connectivity index (χ0n) is 11.8. The lowest BCUT2D eigenvalue weighted by Gasteiger charge is -2.32. The number of nitrogens with two attached hydrogens (primary N) is 1. The van der Waals surface area contributed by atoms with Gasteiger partial charge in [-0.3, -0.25) is 4.79 Å². The Morgan fingerprint density at radius 3 is 2.76 bits per heavy atom. The maximum Gasteiger partial charge on any atom is 0.244 e. The van der Waals surface area contributed by atoms with Crippen LogP contribution in [0.4, 0.5) is 22.7 Å². The van der Waals surface area contributed by atoms with E-state index in [1.165, 1.54) is 0 Å². The normalized spacial score (nSPS) is 13.6. The van der Waals surface area contributed by atoms with E-state index in [2.05, 4.69) is 5.32 Å². The highest BCUT2D eigenvalue weighted by Gasteiger charge is 2.24. The van der Waals surface area contributed by atoms with Crippen molar-refractivity contribution in [3.63, 3.8) is 0 Å². The molecular formula is C16H17N3O2. The highest BCUT2D eigenvalue weighted by atomic mass is 16.5. The molecule has 0 bridgehead atoms. The Labute approximate surface area is 123 Å². The molecule has 0 aliphatic carbocycles. The molecule has 2 aromatic rings. The highest BCUT2D eigenvalue weighted by Crippen LogP contribution is 2.40. The number of carbonyl (C=O) groups is 1. The third kappa shape index (κ3) is 2.38. The van der Waals surface area contributed by atoms with E-state index in [1.54, 1.807) is 0 Å². The summed E-state index contributed by atoms with van der Waals surface area (Å²) in [6.45, 7) is 2.69. The minimum atomic E-state index is -0.0603. The fraction of sp³-hybridized carbons (Fsp3) is 0.188. The zero-order chi connectivity index (χ0) is 14.8. The standard InChI is InChI=1S/C16H17N3O2/c1-2-21-14-9-5-8-13(16(14)17)19-10-15(20)18-11-6-3-4-7-12(11)19/h3-9H,2,10,17H2,1H3,(H,18,20). The van der Waals surface area contributed by atoms with Crippen molar-refractivity contribution in [3.05, 3.63) is 42.5 Å². The smallest absolute Gasteiger partial charge is 0.244 e. The molecule has 1 heterocycles. The summed E-state index contributed by atoms with van der Waals surface area (Å²) < 4.78 is 5.53. The zero-order valence-corrected chi connectivity index (χ0v) is 11.8. The van der Waals surface area contributed by atoms with Gasteiger partial charge in [0.1, 0.15) is 12.3 Å². The molecule has 0 radical (unpaired) electrons. The molecule has 21 heavy (non-hydrogen) atoms. The molecule has 0 unspecified atom stereocenters. The Hall–Kier alpha value is -2.69. The van der Waals surface area contributed by atoms with Gasteiger partial charge in [-0.05, 0) is 31.2 Å². The molecule has 108 valence electrons. The SMILES string of the molecule is CCOc1cccc(N2CC(=O)Nc3ccccc32)c1N. The van der Waals surface area contributed by atoms with Crippen LogP contribution in [0.5, 0.6) is 5.75 Å². The average molecular weight is 283 g/mol. The van der Waals surface area contributed by atoms with Gasteiger partial charge < -0.3 is 20.7 Å². The first-order valence-electron chi connectivity index (χ1n) is 6.88. The molecule has 0 aromatic heterocycles. The van der Waals surface area contributed by atoms with Crippen LogP contribution in [0.2, 0.25) is 0 Å². The van der Waals surface area contributed by atoms with Crippen molar-refractivity contribution in [2.75, 3.05) is 29.1 Å². The van der Waals surface area contributed by atoms with Crippen LogP contribution in [-0.2, 0) is 4.79 Å². The summed E-state index contributed by atoms with van der Waals surface area (Å²) in [5.41, 5.74) is 9.25. The summed E-state index contributed by atoms with van der Waals surface area (Å²) in [7, 11) is 0. The van der Waals surface area contributed by atoms with Crippen molar-refractivity contribution in [1.29, 1.82) is 0 Å². The largest absolute Gasteiger partial charge is 0.492 e. The number of nitrogens with zero attached hydrogens (tertiary/aromatic N) is 1. The number of hydrogen-bond donors (Lipinski definition) is 2. The Morgan fingerprint density at radius 2 is 1.95 bits per heavy atom. The molecule has 1 aliphatic heterocycles. The fourth-order valence-corrected chi connectivity index (χ4v) is 2.50. The van der Waals surface area contributed by atoms with Crippen molar-refractivity contribution < 1.29 is 9.53 Å². The number of benzene rings is 2. The van der Waals surface area contributed by atoms with E-state index >= 15 is 0 Å². The van der Waals surface area contributed by atoms with E-state index in [1.807, 2.05) is 54.3 Å². The molecule has 5 heteroatoms. The molecule has 1 aliphatic rings. The third-order valence-corrected chi connectivity index (χ3v) is 3.40. The monoisotopic (exact) mass is 283 g/mol. The third-order valence-electron chi connectivity index (χ3n) is 3.40. The summed E-state index contributed by atoms with van der Waals surface area (Å²) in [4.78, 5) is 13.8. The second-order valence-corrected chi connectivity index (χ2v) is 4.77. The highest BCUT2D eigenvalue weighted by molar-refractivity contribution is 6.04. The van der Waals surface area contributed by atoms with Crippen LogP contribution in [0, 0.1) is 0 Å². The fourth-order valence-electron chi connectivity index (χ4n) is 2.50. The van der Waals surface area contributed by atoms with Gasteiger partial charge in [-0.1, -0.05) is 18.2 Å². The number of nitrogen functional groups attached to an aromatic ring is 1. The van der Waals surface area contributed by atoms with E-state index in [0.717, 1.165) is 17.1 Å². The molecule has 0 atom stereocenters. The maximum atomic E-state index is 11.9. The second kappa shape index (κ2) is 5.36. The van der Waals surface area contributed by atoms with Crippen molar-refractivity contribution in [3.8, 4) is 5.75 Å². The lowest BCUT2D eigenvalue weighted by Crippen LogP contribution is -2.35. The summed E-state index contributed by atoms with van der Waals surface area (Å²) in [6, 6.07) is 13.3. The molecule has 3 N–H and O–H groups in total. The summed E-state index contributed by atoms with van der Waals surface area (Å²) in [5, 5.41) is 2.87. The van der Waals surface area contributed by atoms with Crippen LogP contribution in [-0.4, -0.2) is 19.1 Å². The molecular weight excluding hydrogens is 266 g/mol. The number of rotatable bonds is 3. The van der Waals surface area contributed by atoms with Crippen LogP contribution >= 0.6 is 0 Å². The van der Waals surface area contributed by atoms with Crippen LogP contribution < -0.4 is 20.7 Å². The van der Waals surface area contributed by atoms with E-state index in [4.69, 9.17) is 10.5 Å². The van der Waals surface area contributed by atoms with Gasteiger partial charge in [0.05, 0.1) is 29.4 Å². The summed E-state index contributed by atoms with van der Waals surface area (Å²) in [6.07, 6.45) is 0. The van der Waals surface area contributed by atoms with Gasteiger partial charge in [0.25, 0.3) is 0 Å². The number of ether oxygens (including phenoxy) is 1. The number of hydrogen-bond acceptors (Lipinski definition) is 4. The predicted octanol–water partition coefficient (Wildman–Crippen LogP) is 2.76. The van der Waals surface area contributed by atoms with Crippen molar-refractivity contribution in [2.24, 2.45) is 0 Å². The lowest BCUT2D eigenvalue weighted by molar-refractivity contribution is -0.115. The minimum Gasteiger partial charge on any atom is -0.492 e. The van der Waals surface area contributed by atoms with Crippen LogP contribution in [0.1, 0.15) is 6.92 Å². The number of anilines is 4. The van der Waals surface area contributed by atoms with Crippen molar-refractivity contribution in [2.45, 2.75) is 6.92 Å². The first kappa shape index (κ1) is 13.3. The van der Waals surface area contributed by atoms with Gasteiger partial charge in [-0.15, -0.1) is 0 Å². The number of nitrogens with one attached hydrogen (secondary N) is 1. The van der Waals surface area contributed by atoms with Crippen molar-refractivity contribution in [1.82, 2.24) is 0 Å². The molecule has 1 amide bonds. The number of para-hydroxylation sites is 3. The summed E-state index contributed by atoms with van der Waals surface area (Å²) in [5.74, 6) is 0.577. The molecule has 3 rings (SSSR count). The second-order valence-electron chi connectivity index (χ2n) is 4.77. The van der Waals surface area contributed by atoms with E-state index in [0.29, 0.717) is 18.0 Å². The Bertz CT molecular complexity index is 685. The van der Waals surface area contributed by atoms with E-state index < -0.39 is 0 Å². The molecule has 0 saturated heterocycles. The van der Waals surface area contributed by atoms with Crippen LogP contribution in [0.15, 0.2) is 42.5 Å². The average Bonchev–Trinajstić information content (AvgIpc) is 2.49. The van der Waals surface area contributed by atoms with Gasteiger partial charge in [-0.2, -0.15) is 0 Å². The number of carbonyl (C=O) groups excluding carboxylic acids is 1.